The molecule has 1 aliphatic carbocycles. The summed E-state index contributed by atoms with van der Waals surface area (Å²) in [6, 6.07) is 6.44. The fourth-order valence-corrected chi connectivity index (χ4v) is 4.94. The van der Waals surface area contributed by atoms with Gasteiger partial charge in [0, 0.05) is 38.1 Å². The minimum absolute atomic E-state index is 0.0283. The van der Waals surface area contributed by atoms with Crippen molar-refractivity contribution in [1.29, 1.82) is 0 Å². The zero-order valence-corrected chi connectivity index (χ0v) is 15.2. The van der Waals surface area contributed by atoms with Crippen LogP contribution in [0.3, 0.4) is 0 Å². The lowest BCUT2D eigenvalue weighted by molar-refractivity contribution is -0.136. The van der Waals surface area contributed by atoms with E-state index >= 15 is 0 Å². The maximum atomic E-state index is 12.7. The Morgan fingerprint density at radius 2 is 1.72 bits per heavy atom. The van der Waals surface area contributed by atoms with E-state index in [2.05, 4.69) is 0 Å². The first-order valence-corrected chi connectivity index (χ1v) is 10.0. The molecule has 3 atom stereocenters. The summed E-state index contributed by atoms with van der Waals surface area (Å²) in [6.45, 7) is 3.21. The topological polar surface area (TPSA) is 104 Å². The lowest BCUT2D eigenvalue weighted by Gasteiger charge is -2.35. The van der Waals surface area contributed by atoms with Crippen LogP contribution < -0.4 is 5.73 Å². The first-order valence-electron chi connectivity index (χ1n) is 8.58. The number of hydrogen-bond donors (Lipinski definition) is 2. The molecule has 1 saturated carbocycles. The average Bonchev–Trinajstić information content (AvgIpc) is 2.94. The van der Waals surface area contributed by atoms with E-state index in [1.165, 1.54) is 4.31 Å². The third-order valence-corrected chi connectivity index (χ3v) is 7.05. The number of carbonyl (C=O) groups excluding carboxylic acids is 1. The first-order chi connectivity index (χ1) is 11.8. The van der Waals surface area contributed by atoms with Gasteiger partial charge >= 0.3 is 0 Å². The molecule has 2 fully saturated rings. The van der Waals surface area contributed by atoms with E-state index in [0.717, 1.165) is 5.56 Å². The number of aliphatic hydroxyl groups excluding tert-OH is 1. The Balaban J connectivity index is 1.62. The second-order valence-electron chi connectivity index (χ2n) is 6.94. The van der Waals surface area contributed by atoms with Crippen LogP contribution in [0.15, 0.2) is 29.2 Å². The van der Waals surface area contributed by atoms with Crippen molar-refractivity contribution in [3.05, 3.63) is 29.8 Å². The number of rotatable bonds is 3. The van der Waals surface area contributed by atoms with Crippen LogP contribution in [0.4, 0.5) is 0 Å². The fraction of sp³-hybridized carbons (Fsp3) is 0.588. The largest absolute Gasteiger partial charge is 0.391 e. The summed E-state index contributed by atoms with van der Waals surface area (Å²) in [6.07, 6.45) is 0.251. The Morgan fingerprint density at radius 1 is 1.12 bits per heavy atom. The zero-order chi connectivity index (χ0) is 18.2. The molecule has 7 nitrogen and oxygen atoms in total. The molecule has 0 bridgehead atoms. The Bertz CT molecular complexity index is 717. The number of hydrogen-bond acceptors (Lipinski definition) is 5. The highest BCUT2D eigenvalue weighted by Gasteiger charge is 2.38. The summed E-state index contributed by atoms with van der Waals surface area (Å²) in [5.74, 6) is -0.287. The van der Waals surface area contributed by atoms with Gasteiger partial charge in [-0.05, 0) is 31.9 Å². The second-order valence-corrected chi connectivity index (χ2v) is 8.88. The highest BCUT2D eigenvalue weighted by molar-refractivity contribution is 7.89. The van der Waals surface area contributed by atoms with Gasteiger partial charge in [-0.15, -0.1) is 0 Å². The molecular formula is C17H25N3O4S. The Labute approximate surface area is 148 Å². The molecule has 138 valence electrons. The summed E-state index contributed by atoms with van der Waals surface area (Å²) in [5, 5.41) is 9.73. The highest BCUT2D eigenvalue weighted by Crippen LogP contribution is 2.27. The zero-order valence-electron chi connectivity index (χ0n) is 14.3. The quantitative estimate of drug-likeness (QED) is 0.778. The average molecular weight is 367 g/mol. The van der Waals surface area contributed by atoms with E-state index < -0.39 is 16.1 Å². The van der Waals surface area contributed by atoms with Crippen molar-refractivity contribution in [2.24, 2.45) is 11.7 Å². The van der Waals surface area contributed by atoms with Gasteiger partial charge in [0.05, 0.1) is 11.0 Å². The summed E-state index contributed by atoms with van der Waals surface area (Å²) in [4.78, 5) is 14.5. The monoisotopic (exact) mass is 367 g/mol. The number of benzene rings is 1. The van der Waals surface area contributed by atoms with Gasteiger partial charge in [0.2, 0.25) is 15.9 Å². The van der Waals surface area contributed by atoms with Gasteiger partial charge < -0.3 is 15.7 Å². The van der Waals surface area contributed by atoms with Gasteiger partial charge in [-0.1, -0.05) is 17.7 Å². The summed E-state index contributed by atoms with van der Waals surface area (Å²) < 4.78 is 26.8. The minimum atomic E-state index is -3.53. The molecule has 1 heterocycles. The van der Waals surface area contributed by atoms with Crippen molar-refractivity contribution in [1.82, 2.24) is 9.21 Å². The van der Waals surface area contributed by atoms with Gasteiger partial charge in [0.15, 0.2) is 0 Å². The molecule has 2 aliphatic rings. The molecule has 8 heteroatoms. The number of amides is 1. The molecule has 3 N–H and O–H groups in total. The third kappa shape index (κ3) is 3.72. The highest BCUT2D eigenvalue weighted by atomic mass is 32.2. The van der Waals surface area contributed by atoms with Crippen LogP contribution in [0, 0.1) is 12.8 Å². The van der Waals surface area contributed by atoms with E-state index in [4.69, 9.17) is 5.73 Å². The molecule has 1 saturated heterocycles. The summed E-state index contributed by atoms with van der Waals surface area (Å²) in [5.41, 5.74) is 6.79. The number of piperazine rings is 1. The first kappa shape index (κ1) is 18.3. The van der Waals surface area contributed by atoms with E-state index in [1.54, 1.807) is 29.2 Å². The van der Waals surface area contributed by atoms with E-state index in [1.807, 2.05) is 6.92 Å². The van der Waals surface area contributed by atoms with Crippen LogP contribution in [0.1, 0.15) is 18.4 Å². The third-order valence-electron chi connectivity index (χ3n) is 5.14. The van der Waals surface area contributed by atoms with Crippen molar-refractivity contribution in [2.45, 2.75) is 36.8 Å². The fourth-order valence-electron chi connectivity index (χ4n) is 3.52. The summed E-state index contributed by atoms with van der Waals surface area (Å²) in [7, 11) is -3.53. The molecule has 1 aliphatic heterocycles. The lowest BCUT2D eigenvalue weighted by Crippen LogP contribution is -2.51. The lowest BCUT2D eigenvalue weighted by atomic mass is 10.1. The molecule has 0 unspecified atom stereocenters. The Morgan fingerprint density at radius 3 is 2.24 bits per heavy atom. The molecule has 1 amide bonds. The van der Waals surface area contributed by atoms with Crippen molar-refractivity contribution in [3.8, 4) is 0 Å². The molecule has 0 aromatic heterocycles. The van der Waals surface area contributed by atoms with Crippen LogP contribution in [0.25, 0.3) is 0 Å². The Kier molecular flexibility index (Phi) is 5.15. The van der Waals surface area contributed by atoms with E-state index in [9.17, 15) is 18.3 Å². The van der Waals surface area contributed by atoms with Crippen LogP contribution >= 0.6 is 0 Å². The van der Waals surface area contributed by atoms with Gasteiger partial charge in [-0.25, -0.2) is 8.42 Å². The molecule has 25 heavy (non-hydrogen) atoms. The summed E-state index contributed by atoms with van der Waals surface area (Å²) >= 11 is 0. The maximum Gasteiger partial charge on any atom is 0.243 e. The van der Waals surface area contributed by atoms with Crippen LogP contribution in [-0.4, -0.2) is 67.0 Å². The van der Waals surface area contributed by atoms with Crippen molar-refractivity contribution < 1.29 is 18.3 Å². The standard InChI is InChI=1S/C17H25N3O4S/c1-12-2-4-14(5-3-12)25(23,24)20-8-6-19(7-9-20)17(22)13-10-15(18)16(21)11-13/h2-5,13,15-16,21H,6-11,18H2,1H3/t13-,15+,16+/m0/s1. The molecule has 0 spiro atoms. The number of aryl methyl sites for hydroxylation is 1. The number of sulfonamides is 1. The molecule has 0 radical (unpaired) electrons. The number of aliphatic hydroxyl groups is 1. The van der Waals surface area contributed by atoms with Gasteiger partial charge in [-0.2, -0.15) is 4.31 Å². The van der Waals surface area contributed by atoms with Crippen LogP contribution in [0.2, 0.25) is 0 Å². The number of carbonyl (C=O) groups is 1. The minimum Gasteiger partial charge on any atom is -0.391 e. The predicted molar refractivity (Wildman–Crippen MR) is 93.2 cm³/mol. The van der Waals surface area contributed by atoms with Gasteiger partial charge in [-0.3, -0.25) is 4.79 Å². The molecule has 1 aromatic rings. The molecular weight excluding hydrogens is 342 g/mol. The van der Waals surface area contributed by atoms with Crippen molar-refractivity contribution in [2.75, 3.05) is 26.2 Å². The smallest absolute Gasteiger partial charge is 0.243 e. The van der Waals surface area contributed by atoms with Gasteiger partial charge in [0.1, 0.15) is 0 Å². The second kappa shape index (κ2) is 7.03. The van der Waals surface area contributed by atoms with E-state index in [0.29, 0.717) is 25.9 Å². The SMILES string of the molecule is Cc1ccc(S(=O)(=O)N2CCN(C(=O)[C@H]3C[C@@H](N)[C@H](O)C3)CC2)cc1. The molecule has 3 rings (SSSR count). The van der Waals surface area contributed by atoms with Crippen molar-refractivity contribution in [3.63, 3.8) is 0 Å². The Hall–Kier alpha value is -1.48. The van der Waals surface area contributed by atoms with Crippen LogP contribution in [-0.2, 0) is 14.8 Å². The maximum absolute atomic E-state index is 12.7. The normalized spacial score (nSPS) is 28.3. The molecule has 1 aromatic carbocycles. The van der Waals surface area contributed by atoms with E-state index in [-0.39, 0.29) is 35.9 Å². The van der Waals surface area contributed by atoms with Crippen molar-refractivity contribution >= 4 is 15.9 Å². The van der Waals surface area contributed by atoms with Gasteiger partial charge in [0.25, 0.3) is 0 Å². The van der Waals surface area contributed by atoms with Crippen LogP contribution in [0.5, 0.6) is 0 Å². The number of nitrogens with two attached hydrogens (primary N) is 1. The number of nitrogens with zero attached hydrogens (tertiary/aromatic N) is 2. The predicted octanol–water partition coefficient (Wildman–Crippen LogP) is -0.0739.